The van der Waals surface area contributed by atoms with E-state index >= 15 is 9.59 Å². The summed E-state index contributed by atoms with van der Waals surface area (Å²) in [5, 5.41) is 61.3. The summed E-state index contributed by atoms with van der Waals surface area (Å²) >= 11 is 8.40. The zero-order valence-electron chi connectivity index (χ0n) is 58.3. The number of carbonyl (C=O) groups is 13. The number of aromatic hydroxyl groups is 1. The number of nitrogens with zero attached hydrogens (tertiary/aromatic N) is 1. The monoisotopic (exact) mass is 1500 g/mol. The number of aromatic nitrogens is 3. The highest BCUT2D eigenvalue weighted by molar-refractivity contribution is 7.80. The Morgan fingerprint density at radius 1 is 0.472 bits per heavy atom. The molecule has 0 aliphatic carbocycles. The van der Waals surface area contributed by atoms with Crippen LogP contribution in [-0.2, 0) is 94.4 Å². The second-order valence-electron chi connectivity index (χ2n) is 25.6. The van der Waals surface area contributed by atoms with Gasteiger partial charge in [-0.1, -0.05) is 117 Å². The van der Waals surface area contributed by atoms with E-state index in [9.17, 15) is 68.1 Å². The Labute approximate surface area is 619 Å². The highest BCUT2D eigenvalue weighted by Crippen LogP contribution is 2.23. The van der Waals surface area contributed by atoms with E-state index in [1.54, 1.807) is 105 Å². The van der Waals surface area contributed by atoms with Crippen LogP contribution in [0.3, 0.4) is 0 Å². The maximum absolute atomic E-state index is 15.2. The first kappa shape index (κ1) is 81.9. The van der Waals surface area contributed by atoms with Crippen molar-refractivity contribution in [2.24, 2.45) is 17.4 Å². The number of para-hydroxylation sites is 1. The number of hydrogen-bond acceptors (Lipinski definition) is 19. The average molecular weight is 1500 g/mol. The number of aliphatic carboxylic acids is 1. The van der Waals surface area contributed by atoms with Crippen molar-refractivity contribution >= 4 is 124 Å². The van der Waals surface area contributed by atoms with Crippen molar-refractivity contribution in [3.05, 3.63) is 168 Å². The molecule has 32 nitrogen and oxygen atoms in total. The molecule has 0 saturated carbocycles. The van der Waals surface area contributed by atoms with Gasteiger partial charge in [0, 0.05) is 72.6 Å². The Morgan fingerprint density at radius 2 is 0.962 bits per heavy atom. The van der Waals surface area contributed by atoms with Gasteiger partial charge in [-0.25, -0.2) is 4.98 Å². The number of imidazole rings is 1. The van der Waals surface area contributed by atoms with E-state index in [0.717, 1.165) is 5.39 Å². The lowest BCUT2D eigenvalue weighted by Crippen LogP contribution is -2.62. The summed E-state index contributed by atoms with van der Waals surface area (Å²) < 4.78 is 0. The number of aromatic amines is 2. The molecule has 0 saturated heterocycles. The molecule has 564 valence electrons. The van der Waals surface area contributed by atoms with Crippen molar-refractivity contribution < 1.29 is 77.6 Å². The summed E-state index contributed by atoms with van der Waals surface area (Å²) in [6, 6.07) is 16.7. The summed E-state index contributed by atoms with van der Waals surface area (Å²) in [4.78, 5) is 191. The standard InChI is InChI=1S/C72H88N16O16S2/c1-37(2)60(87-68(100)54(28-44-31-76-50-20-11-10-19-48(44)50)83-67(99)56(30-59(92)93)80-62(94)38(3)79-63(95)49(73)34-105)71(103)86-57(35-106)70(102)81-52(26-41-21-23-46(90)24-22-41)65(97)82-53(27-43-17-12-16-42-15-8-9-18-47(42)43)66(98)84-55(29-45-32-75-36-78-45)69(101)88-61(39(4)89)72(104)85-51(64(96)77-33-58(74)91)25-40-13-6-5-7-14-40/h5-24,31-32,36-39,49,51-57,60-61,76,89-90,105-106H,25-30,33-35,73H2,1-4H3,(H2,74,91)(H,75,78)(H,77,96)(H,79,95)(H,80,94)(H,81,102)(H,82,97)(H,83,99)(H,84,98)(H,85,104)(H,86,103)(H,87,100)(H,88,101)(H,92,93)/t38-,39+,49-,51-,52-,53-,54-,55-,56-,57-,60-,61-/m0/s1. The summed E-state index contributed by atoms with van der Waals surface area (Å²) in [6.07, 6.45) is 0.408. The number of hydrogen-bond donors (Lipinski definition) is 20. The van der Waals surface area contributed by atoms with E-state index < -0.39 is 174 Å². The fourth-order valence-corrected chi connectivity index (χ4v) is 11.7. The van der Waals surface area contributed by atoms with Crippen molar-refractivity contribution in [2.45, 2.75) is 139 Å². The minimum atomic E-state index is -1.82. The van der Waals surface area contributed by atoms with Gasteiger partial charge in [-0.2, -0.15) is 25.3 Å². The number of nitrogens with two attached hydrogens (primary N) is 2. The van der Waals surface area contributed by atoms with E-state index in [-0.39, 0.29) is 43.6 Å². The first-order valence-corrected chi connectivity index (χ1v) is 35.1. The fraction of sp³-hybridized carbons (Fsp3) is 0.361. The Bertz CT molecular complexity index is 4250. The molecule has 20 N–H and O–H groups in total. The number of thiol groups is 2. The third-order valence-electron chi connectivity index (χ3n) is 17.1. The summed E-state index contributed by atoms with van der Waals surface area (Å²) in [5.74, 6) is -14.4. The molecule has 0 fully saturated rings. The lowest BCUT2D eigenvalue weighted by atomic mass is 9.97. The predicted octanol–water partition coefficient (Wildman–Crippen LogP) is -1.57. The van der Waals surface area contributed by atoms with Crippen molar-refractivity contribution in [2.75, 3.05) is 18.1 Å². The van der Waals surface area contributed by atoms with Crippen molar-refractivity contribution in [1.82, 2.24) is 73.4 Å². The average Bonchev–Trinajstić information content (AvgIpc) is 1.48. The number of carbonyl (C=O) groups excluding carboxylic acids is 12. The van der Waals surface area contributed by atoms with Gasteiger partial charge in [0.1, 0.15) is 66.2 Å². The van der Waals surface area contributed by atoms with Gasteiger partial charge in [-0.05, 0) is 71.0 Å². The maximum Gasteiger partial charge on any atom is 0.305 e. The molecule has 12 amide bonds. The van der Waals surface area contributed by atoms with Crippen LogP contribution in [0.2, 0.25) is 0 Å². The van der Waals surface area contributed by atoms with E-state index in [1.807, 2.05) is 12.1 Å². The van der Waals surface area contributed by atoms with Crippen LogP contribution in [0.5, 0.6) is 5.75 Å². The molecule has 0 aliphatic rings. The lowest BCUT2D eigenvalue weighted by Gasteiger charge is -2.29. The molecule has 0 radical (unpaired) electrons. The van der Waals surface area contributed by atoms with Crippen LogP contribution in [0.1, 0.15) is 62.1 Å². The molecular weight excluding hydrogens is 1410 g/mol. The van der Waals surface area contributed by atoms with Gasteiger partial charge in [0.2, 0.25) is 70.9 Å². The normalized spacial score (nSPS) is 14.6. The minimum absolute atomic E-state index is 0.0695. The number of aliphatic hydroxyl groups excluding tert-OH is 1. The van der Waals surface area contributed by atoms with E-state index in [1.165, 1.54) is 50.6 Å². The number of phenols is 1. The smallest absolute Gasteiger partial charge is 0.305 e. The number of fused-ring (bicyclic) bond motifs is 2. The molecule has 2 aromatic heterocycles. The van der Waals surface area contributed by atoms with Crippen LogP contribution >= 0.6 is 25.3 Å². The highest BCUT2D eigenvalue weighted by atomic mass is 32.1. The lowest BCUT2D eigenvalue weighted by molar-refractivity contribution is -0.141. The number of nitrogens with one attached hydrogen (secondary N) is 13. The van der Waals surface area contributed by atoms with Crippen molar-refractivity contribution in [3.63, 3.8) is 0 Å². The Hall–Kier alpha value is -11.4. The Morgan fingerprint density at radius 3 is 1.55 bits per heavy atom. The highest BCUT2D eigenvalue weighted by Gasteiger charge is 2.38. The number of benzene rings is 5. The first-order valence-electron chi connectivity index (χ1n) is 33.8. The molecule has 0 aliphatic heterocycles. The van der Waals surface area contributed by atoms with E-state index in [4.69, 9.17) is 11.5 Å². The zero-order chi connectivity index (χ0) is 77.3. The molecule has 0 bridgehead atoms. The van der Waals surface area contributed by atoms with Crippen molar-refractivity contribution in [3.8, 4) is 5.75 Å². The molecule has 2 heterocycles. The molecule has 0 unspecified atom stereocenters. The number of carboxylic acids is 1. The molecule has 106 heavy (non-hydrogen) atoms. The van der Waals surface area contributed by atoms with Crippen molar-refractivity contribution in [1.29, 1.82) is 0 Å². The Balaban J connectivity index is 1.15. The quantitative estimate of drug-likeness (QED) is 0.0194. The number of phenolic OH excluding ortho intramolecular Hbond substituents is 1. The predicted molar refractivity (Wildman–Crippen MR) is 396 cm³/mol. The largest absolute Gasteiger partial charge is 0.508 e. The third kappa shape index (κ3) is 24.1. The second kappa shape index (κ2) is 39.5. The fourth-order valence-electron chi connectivity index (χ4n) is 11.3. The van der Waals surface area contributed by atoms with E-state index in [2.05, 4.69) is 98.7 Å². The molecule has 12 atom stereocenters. The molecular formula is C72H88N16O16S2. The second-order valence-corrected chi connectivity index (χ2v) is 26.3. The molecule has 7 aromatic rings. The van der Waals surface area contributed by atoms with Crippen LogP contribution in [0, 0.1) is 5.92 Å². The van der Waals surface area contributed by atoms with Crippen LogP contribution in [0.4, 0.5) is 0 Å². The summed E-state index contributed by atoms with van der Waals surface area (Å²) in [6.45, 7) is 5.04. The molecule has 34 heteroatoms. The number of carboxylic acid groups (broad SMARTS) is 1. The molecule has 7 rings (SSSR count). The Kier molecular flexibility index (Phi) is 30.5. The first-order chi connectivity index (χ1) is 50.5. The maximum atomic E-state index is 15.2. The van der Waals surface area contributed by atoms with Gasteiger partial charge < -0.3 is 95.2 Å². The number of H-pyrrole nitrogens is 2. The third-order valence-corrected chi connectivity index (χ3v) is 17.8. The minimum Gasteiger partial charge on any atom is -0.508 e. The van der Waals surface area contributed by atoms with Crippen LogP contribution in [0.25, 0.3) is 21.7 Å². The number of rotatable bonds is 39. The van der Waals surface area contributed by atoms with Crippen LogP contribution < -0.4 is 70.0 Å². The molecule has 0 spiro atoms. The van der Waals surface area contributed by atoms with Crippen LogP contribution in [-0.4, -0.2) is 198 Å². The van der Waals surface area contributed by atoms with E-state index in [0.29, 0.717) is 44.2 Å². The summed E-state index contributed by atoms with van der Waals surface area (Å²) in [7, 11) is 0. The van der Waals surface area contributed by atoms with Gasteiger partial charge in [0.25, 0.3) is 0 Å². The number of aliphatic hydroxyl groups is 1. The van der Waals surface area contributed by atoms with Gasteiger partial charge in [-0.15, -0.1) is 0 Å². The SMILES string of the molecule is CC(C)[C@H](NC(=O)[C@H](Cc1c[nH]c2ccccc12)NC(=O)[C@H](CC(=O)O)NC(=O)[C@H](C)NC(=O)[C@@H](N)CS)C(=O)N[C@@H](CS)C(=O)N[C@@H](Cc1ccc(O)cc1)C(=O)N[C@@H](Cc1cccc2ccccc12)C(=O)N[C@@H](Cc1cnc[nH]1)C(=O)N[C@H](C(=O)N[C@@H](Cc1ccccc1)C(=O)NCC(N)=O)[C@@H](C)O. The zero-order valence-corrected chi connectivity index (χ0v) is 60.1. The van der Waals surface area contributed by atoms with Gasteiger partial charge >= 0.3 is 5.97 Å². The number of primary amides is 1. The molecule has 5 aromatic carbocycles. The topological polar surface area (TPSA) is 511 Å². The number of amides is 12. The van der Waals surface area contributed by atoms with Gasteiger partial charge in [-0.3, -0.25) is 62.3 Å². The van der Waals surface area contributed by atoms with Crippen LogP contribution in [0.15, 0.2) is 140 Å². The summed E-state index contributed by atoms with van der Waals surface area (Å²) in [5.41, 5.74) is 14.0. The van der Waals surface area contributed by atoms with Gasteiger partial charge in [0.05, 0.1) is 31.4 Å². The van der Waals surface area contributed by atoms with Gasteiger partial charge in [0.15, 0.2) is 0 Å².